The van der Waals surface area contributed by atoms with E-state index in [9.17, 15) is 9.59 Å². The van der Waals surface area contributed by atoms with E-state index >= 15 is 0 Å². The van der Waals surface area contributed by atoms with Gasteiger partial charge in [0.05, 0.1) is 19.3 Å². The number of hydrogen-bond donors (Lipinski definition) is 0. The lowest BCUT2D eigenvalue weighted by Crippen LogP contribution is -2.04. The quantitative estimate of drug-likeness (QED) is 0.583. The number of nitrogens with zero attached hydrogens (tertiary/aromatic N) is 1. The summed E-state index contributed by atoms with van der Waals surface area (Å²) in [6.45, 7) is 2.02. The van der Waals surface area contributed by atoms with Gasteiger partial charge in [-0.05, 0) is 19.1 Å². The zero-order valence-corrected chi connectivity index (χ0v) is 9.67. The van der Waals surface area contributed by atoms with Crippen LogP contribution >= 0.6 is 0 Å². The fraction of sp³-hybridized carbons (Fsp3) is 0.250. The molecule has 0 saturated carbocycles. The summed E-state index contributed by atoms with van der Waals surface area (Å²) in [7, 11) is 1.29. The average molecular weight is 235 g/mol. The van der Waals surface area contributed by atoms with Crippen LogP contribution in [0.5, 0.6) is 0 Å². The van der Waals surface area contributed by atoms with Crippen LogP contribution < -0.4 is 0 Å². The lowest BCUT2D eigenvalue weighted by Gasteiger charge is -2.02. The number of rotatable bonds is 4. The third-order valence-corrected chi connectivity index (χ3v) is 1.94. The molecular weight excluding hydrogens is 222 g/mol. The van der Waals surface area contributed by atoms with E-state index in [0.29, 0.717) is 17.7 Å². The smallest absolute Gasteiger partial charge is 0.338 e. The minimum atomic E-state index is -0.476. The van der Waals surface area contributed by atoms with Crippen LogP contribution in [-0.4, -0.2) is 30.6 Å². The third kappa shape index (κ3) is 3.71. The van der Waals surface area contributed by atoms with Crippen molar-refractivity contribution in [3.63, 3.8) is 0 Å². The Bertz CT molecular complexity index is 440. The van der Waals surface area contributed by atoms with E-state index in [4.69, 9.17) is 4.74 Å². The number of esters is 2. The van der Waals surface area contributed by atoms with Crippen molar-refractivity contribution in [2.45, 2.75) is 6.92 Å². The maximum Gasteiger partial charge on any atom is 0.338 e. The Kier molecular flexibility index (Phi) is 4.87. The standard InChI is InChI=1S/C12H13NO4/c1-3-17-11(14)5-4-9-8-13-7-6-10(9)12(15)16-2/h4-8H,3H2,1-2H3. The summed E-state index contributed by atoms with van der Waals surface area (Å²) < 4.78 is 9.34. The first-order chi connectivity index (χ1) is 8.19. The first-order valence-corrected chi connectivity index (χ1v) is 5.06. The Hall–Kier alpha value is -2.17. The molecule has 0 aromatic carbocycles. The molecule has 0 spiro atoms. The molecule has 1 aromatic rings. The second-order valence-electron chi connectivity index (χ2n) is 3.04. The van der Waals surface area contributed by atoms with Crippen molar-refractivity contribution in [3.8, 4) is 0 Å². The van der Waals surface area contributed by atoms with Gasteiger partial charge in [0.1, 0.15) is 0 Å². The van der Waals surface area contributed by atoms with Gasteiger partial charge in [-0.3, -0.25) is 4.98 Å². The molecule has 0 atom stereocenters. The van der Waals surface area contributed by atoms with Crippen molar-refractivity contribution in [1.82, 2.24) is 4.98 Å². The van der Waals surface area contributed by atoms with E-state index < -0.39 is 11.9 Å². The molecule has 1 heterocycles. The van der Waals surface area contributed by atoms with Gasteiger partial charge in [-0.1, -0.05) is 0 Å². The molecule has 0 bridgehead atoms. The summed E-state index contributed by atoms with van der Waals surface area (Å²) in [5.74, 6) is -0.942. The molecule has 1 aromatic heterocycles. The van der Waals surface area contributed by atoms with Gasteiger partial charge >= 0.3 is 11.9 Å². The summed E-state index contributed by atoms with van der Waals surface area (Å²) >= 11 is 0. The third-order valence-electron chi connectivity index (χ3n) is 1.94. The normalized spacial score (nSPS) is 10.2. The maximum atomic E-state index is 11.4. The average Bonchev–Trinajstić information content (AvgIpc) is 2.36. The molecule has 0 aliphatic heterocycles. The van der Waals surface area contributed by atoms with Crippen molar-refractivity contribution < 1.29 is 19.1 Å². The molecule has 0 fully saturated rings. The second kappa shape index (κ2) is 6.42. The zero-order chi connectivity index (χ0) is 12.7. The number of ether oxygens (including phenoxy) is 2. The number of aromatic nitrogens is 1. The van der Waals surface area contributed by atoms with Gasteiger partial charge in [0.25, 0.3) is 0 Å². The SMILES string of the molecule is CCOC(=O)C=Cc1cnccc1C(=O)OC. The molecule has 0 amide bonds. The summed E-state index contributed by atoms with van der Waals surface area (Å²) in [5, 5.41) is 0. The van der Waals surface area contributed by atoms with Crippen LogP contribution in [0.4, 0.5) is 0 Å². The first kappa shape index (κ1) is 12.9. The predicted molar refractivity (Wildman–Crippen MR) is 61.2 cm³/mol. The van der Waals surface area contributed by atoms with E-state index in [1.54, 1.807) is 6.92 Å². The molecule has 5 nitrogen and oxygen atoms in total. The first-order valence-electron chi connectivity index (χ1n) is 5.06. The zero-order valence-electron chi connectivity index (χ0n) is 9.67. The molecule has 0 saturated heterocycles. The van der Waals surface area contributed by atoms with Crippen molar-refractivity contribution >= 4 is 18.0 Å². The number of carbonyl (C=O) groups is 2. The van der Waals surface area contributed by atoms with Gasteiger partial charge in [0.2, 0.25) is 0 Å². The molecule has 0 radical (unpaired) electrons. The van der Waals surface area contributed by atoms with Gasteiger partial charge < -0.3 is 9.47 Å². The highest BCUT2D eigenvalue weighted by atomic mass is 16.5. The Morgan fingerprint density at radius 2 is 2.24 bits per heavy atom. The Morgan fingerprint density at radius 1 is 1.47 bits per heavy atom. The number of pyridine rings is 1. The van der Waals surface area contributed by atoms with Crippen LogP contribution in [0.3, 0.4) is 0 Å². The Balaban J connectivity index is 2.91. The number of carbonyl (C=O) groups excluding carboxylic acids is 2. The number of hydrogen-bond acceptors (Lipinski definition) is 5. The molecule has 0 aliphatic carbocycles. The van der Waals surface area contributed by atoms with Crippen LogP contribution in [-0.2, 0) is 14.3 Å². The molecule has 0 aliphatic rings. The number of methoxy groups -OCH3 is 1. The van der Waals surface area contributed by atoms with Crippen LogP contribution in [0, 0.1) is 0 Å². The van der Waals surface area contributed by atoms with Gasteiger partial charge in [-0.15, -0.1) is 0 Å². The molecular formula is C12H13NO4. The van der Waals surface area contributed by atoms with Crippen LogP contribution in [0.2, 0.25) is 0 Å². The summed E-state index contributed by atoms with van der Waals surface area (Å²) in [4.78, 5) is 26.4. The van der Waals surface area contributed by atoms with Crippen molar-refractivity contribution in [2.75, 3.05) is 13.7 Å². The molecule has 0 unspecified atom stereocenters. The van der Waals surface area contributed by atoms with Crippen molar-refractivity contribution in [3.05, 3.63) is 35.7 Å². The fourth-order valence-electron chi connectivity index (χ4n) is 1.18. The van der Waals surface area contributed by atoms with Gasteiger partial charge in [-0.25, -0.2) is 9.59 Å². The lowest BCUT2D eigenvalue weighted by atomic mass is 10.1. The van der Waals surface area contributed by atoms with Crippen LogP contribution in [0.1, 0.15) is 22.8 Å². The molecule has 90 valence electrons. The van der Waals surface area contributed by atoms with Gasteiger partial charge in [-0.2, -0.15) is 0 Å². The monoisotopic (exact) mass is 235 g/mol. The lowest BCUT2D eigenvalue weighted by molar-refractivity contribution is -0.137. The van der Waals surface area contributed by atoms with Gasteiger partial charge in [0.15, 0.2) is 0 Å². The largest absolute Gasteiger partial charge is 0.465 e. The second-order valence-corrected chi connectivity index (χ2v) is 3.04. The summed E-state index contributed by atoms with van der Waals surface area (Å²) in [6.07, 6.45) is 5.67. The molecule has 1 rings (SSSR count). The van der Waals surface area contributed by atoms with E-state index in [1.165, 1.54) is 37.7 Å². The van der Waals surface area contributed by atoms with E-state index in [1.807, 2.05) is 0 Å². The summed E-state index contributed by atoms with van der Waals surface area (Å²) in [6, 6.07) is 1.52. The molecule has 17 heavy (non-hydrogen) atoms. The highest BCUT2D eigenvalue weighted by molar-refractivity contribution is 5.95. The van der Waals surface area contributed by atoms with Gasteiger partial charge in [0, 0.05) is 24.0 Å². The van der Waals surface area contributed by atoms with E-state index in [2.05, 4.69) is 9.72 Å². The topological polar surface area (TPSA) is 65.5 Å². The fourth-order valence-corrected chi connectivity index (χ4v) is 1.18. The maximum absolute atomic E-state index is 11.4. The van der Waals surface area contributed by atoms with Crippen LogP contribution in [0.25, 0.3) is 6.08 Å². The minimum Gasteiger partial charge on any atom is -0.465 e. The minimum absolute atomic E-state index is 0.306. The highest BCUT2D eigenvalue weighted by Crippen LogP contribution is 2.10. The van der Waals surface area contributed by atoms with Crippen LogP contribution in [0.15, 0.2) is 24.5 Å². The Morgan fingerprint density at radius 3 is 2.88 bits per heavy atom. The van der Waals surface area contributed by atoms with E-state index in [-0.39, 0.29) is 0 Å². The molecule has 0 N–H and O–H groups in total. The summed E-state index contributed by atoms with van der Waals surface area (Å²) in [5.41, 5.74) is 0.857. The Labute approximate surface area is 99.1 Å². The molecule has 5 heteroatoms. The van der Waals surface area contributed by atoms with Crippen molar-refractivity contribution in [2.24, 2.45) is 0 Å². The highest BCUT2D eigenvalue weighted by Gasteiger charge is 2.09. The predicted octanol–water partition coefficient (Wildman–Crippen LogP) is 1.44. The van der Waals surface area contributed by atoms with Crippen molar-refractivity contribution in [1.29, 1.82) is 0 Å². The van der Waals surface area contributed by atoms with E-state index in [0.717, 1.165) is 0 Å².